The summed E-state index contributed by atoms with van der Waals surface area (Å²) in [4.78, 5) is 10.1. The van der Waals surface area contributed by atoms with Gasteiger partial charge in [-0.2, -0.15) is 5.26 Å². The largest absolute Gasteiger partial charge is 0.497 e. The number of H-pyrrole nitrogens is 2. The zero-order valence-electron chi connectivity index (χ0n) is 10.8. The lowest BCUT2D eigenvalue weighted by atomic mass is 10.0. The number of benzene rings is 1. The summed E-state index contributed by atoms with van der Waals surface area (Å²) in [5.41, 5.74) is 3.16. The minimum atomic E-state index is 0.564. The summed E-state index contributed by atoms with van der Waals surface area (Å²) in [6, 6.07) is 7.96. The highest BCUT2D eigenvalue weighted by molar-refractivity contribution is 6.01. The fourth-order valence-electron chi connectivity index (χ4n) is 2.12. The summed E-state index contributed by atoms with van der Waals surface area (Å²) in [5, 5.41) is 10.3. The van der Waals surface area contributed by atoms with Crippen LogP contribution in [0, 0.1) is 11.3 Å². The molecule has 0 amide bonds. The summed E-state index contributed by atoms with van der Waals surface area (Å²) in [7, 11) is 1.62. The van der Waals surface area contributed by atoms with Gasteiger partial charge in [0, 0.05) is 22.7 Å². The molecule has 0 radical (unpaired) electrons. The second-order valence-corrected chi connectivity index (χ2v) is 4.29. The van der Waals surface area contributed by atoms with Crippen molar-refractivity contribution in [3.8, 4) is 11.8 Å². The van der Waals surface area contributed by atoms with E-state index in [-0.39, 0.29) is 0 Å². The highest BCUT2D eigenvalue weighted by Crippen LogP contribution is 2.28. The van der Waals surface area contributed by atoms with Crippen molar-refractivity contribution in [2.75, 3.05) is 7.11 Å². The number of hydrogen-bond acceptors (Lipinski definition) is 3. The van der Waals surface area contributed by atoms with Crippen LogP contribution >= 0.6 is 0 Å². The number of ether oxygens (including phenoxy) is 1. The average Bonchev–Trinajstić information content (AvgIpc) is 3.13. The van der Waals surface area contributed by atoms with Crippen LogP contribution in [0.3, 0.4) is 0 Å². The van der Waals surface area contributed by atoms with Crippen LogP contribution in [0.25, 0.3) is 22.6 Å². The molecule has 0 fully saturated rings. The van der Waals surface area contributed by atoms with E-state index in [1.807, 2.05) is 24.4 Å². The Morgan fingerprint density at radius 3 is 3.00 bits per heavy atom. The van der Waals surface area contributed by atoms with Crippen molar-refractivity contribution in [2.45, 2.75) is 0 Å². The van der Waals surface area contributed by atoms with Crippen molar-refractivity contribution in [1.29, 1.82) is 5.26 Å². The first-order chi connectivity index (χ1) is 9.81. The third-order valence-corrected chi connectivity index (χ3v) is 3.12. The molecule has 0 unspecified atom stereocenters. The molecule has 98 valence electrons. The number of hydrogen-bond donors (Lipinski definition) is 2. The van der Waals surface area contributed by atoms with E-state index in [0.29, 0.717) is 5.57 Å². The molecule has 3 rings (SSSR count). The molecule has 5 heteroatoms. The highest BCUT2D eigenvalue weighted by Gasteiger charge is 2.09. The third kappa shape index (κ3) is 2.04. The van der Waals surface area contributed by atoms with E-state index < -0.39 is 0 Å². The Kier molecular flexibility index (Phi) is 2.98. The van der Waals surface area contributed by atoms with Gasteiger partial charge in [0.1, 0.15) is 5.75 Å². The predicted octanol–water partition coefficient (Wildman–Crippen LogP) is 2.96. The number of allylic oxidation sites excluding steroid dienone is 1. The Morgan fingerprint density at radius 1 is 1.40 bits per heavy atom. The molecule has 2 aromatic heterocycles. The van der Waals surface area contributed by atoms with Gasteiger partial charge in [0.25, 0.3) is 0 Å². The lowest BCUT2D eigenvalue weighted by Crippen LogP contribution is -1.83. The Hall–Kier alpha value is -3.00. The van der Waals surface area contributed by atoms with Gasteiger partial charge in [-0.25, -0.2) is 4.98 Å². The van der Waals surface area contributed by atoms with Crippen molar-refractivity contribution in [2.24, 2.45) is 0 Å². The van der Waals surface area contributed by atoms with E-state index in [2.05, 4.69) is 21.0 Å². The maximum Gasteiger partial charge on any atom is 0.119 e. The SMILES string of the molecule is COc1ccc2[nH]cc(/C(C#N)=C/c3cnc[nH]3)c2c1. The number of fused-ring (bicyclic) bond motifs is 1. The molecule has 1 aromatic carbocycles. The predicted molar refractivity (Wildman–Crippen MR) is 76.9 cm³/mol. The molecular weight excluding hydrogens is 252 g/mol. The number of aromatic nitrogens is 3. The minimum absolute atomic E-state index is 0.564. The van der Waals surface area contributed by atoms with E-state index in [1.165, 1.54) is 0 Å². The van der Waals surface area contributed by atoms with E-state index in [0.717, 1.165) is 27.9 Å². The zero-order valence-corrected chi connectivity index (χ0v) is 10.8. The fourth-order valence-corrected chi connectivity index (χ4v) is 2.12. The normalized spacial score (nSPS) is 11.5. The van der Waals surface area contributed by atoms with Crippen molar-refractivity contribution in [3.63, 3.8) is 0 Å². The molecule has 0 aliphatic carbocycles. The topological polar surface area (TPSA) is 77.5 Å². The lowest BCUT2D eigenvalue weighted by Gasteiger charge is -2.01. The van der Waals surface area contributed by atoms with E-state index in [9.17, 15) is 5.26 Å². The Balaban J connectivity index is 2.15. The number of rotatable bonds is 3. The van der Waals surface area contributed by atoms with Crippen LogP contribution in [-0.2, 0) is 0 Å². The Labute approximate surface area is 115 Å². The molecular formula is C15H12N4O. The van der Waals surface area contributed by atoms with Crippen molar-refractivity contribution in [1.82, 2.24) is 15.0 Å². The van der Waals surface area contributed by atoms with Crippen LogP contribution in [-0.4, -0.2) is 22.1 Å². The van der Waals surface area contributed by atoms with Crippen LogP contribution in [0.2, 0.25) is 0 Å². The number of methoxy groups -OCH3 is 1. The molecule has 0 bridgehead atoms. The van der Waals surface area contributed by atoms with Gasteiger partial charge in [-0.1, -0.05) is 0 Å². The third-order valence-electron chi connectivity index (χ3n) is 3.12. The molecule has 0 saturated heterocycles. The fraction of sp³-hybridized carbons (Fsp3) is 0.0667. The second kappa shape index (κ2) is 4.94. The first-order valence-electron chi connectivity index (χ1n) is 6.07. The maximum atomic E-state index is 9.38. The summed E-state index contributed by atoms with van der Waals surface area (Å²) in [5.74, 6) is 0.761. The number of nitrogens with one attached hydrogen (secondary N) is 2. The number of aromatic amines is 2. The number of nitrogens with zero attached hydrogens (tertiary/aromatic N) is 2. The summed E-state index contributed by atoms with van der Waals surface area (Å²) < 4.78 is 5.23. The van der Waals surface area contributed by atoms with Crippen molar-refractivity contribution in [3.05, 3.63) is 48.2 Å². The molecule has 5 nitrogen and oxygen atoms in total. The standard InChI is InChI=1S/C15H12N4O/c1-20-12-2-3-15-13(5-12)14(8-18-15)10(6-16)4-11-7-17-9-19-11/h2-5,7-9,18H,1H3,(H,17,19)/b10-4+. The molecule has 0 aliphatic rings. The zero-order chi connectivity index (χ0) is 13.9. The molecule has 0 aliphatic heterocycles. The molecule has 2 N–H and O–H groups in total. The molecule has 20 heavy (non-hydrogen) atoms. The van der Waals surface area contributed by atoms with Gasteiger partial charge >= 0.3 is 0 Å². The van der Waals surface area contributed by atoms with Crippen LogP contribution < -0.4 is 4.74 Å². The first kappa shape index (κ1) is 12.1. The van der Waals surface area contributed by atoms with Crippen LogP contribution in [0.4, 0.5) is 0 Å². The van der Waals surface area contributed by atoms with Crippen molar-refractivity contribution < 1.29 is 4.74 Å². The van der Waals surface area contributed by atoms with Crippen LogP contribution in [0.5, 0.6) is 5.75 Å². The van der Waals surface area contributed by atoms with Gasteiger partial charge < -0.3 is 14.7 Å². The molecule has 3 aromatic rings. The molecule has 0 atom stereocenters. The van der Waals surface area contributed by atoms with Crippen LogP contribution in [0.1, 0.15) is 11.3 Å². The van der Waals surface area contributed by atoms with Gasteiger partial charge in [0.05, 0.1) is 37.0 Å². The summed E-state index contributed by atoms with van der Waals surface area (Å²) in [6.07, 6.45) is 6.86. The van der Waals surface area contributed by atoms with Gasteiger partial charge in [-0.05, 0) is 24.3 Å². The monoisotopic (exact) mass is 264 g/mol. The van der Waals surface area contributed by atoms with Crippen LogP contribution in [0.15, 0.2) is 36.9 Å². The molecule has 0 spiro atoms. The summed E-state index contributed by atoms with van der Waals surface area (Å²) >= 11 is 0. The highest BCUT2D eigenvalue weighted by atomic mass is 16.5. The lowest BCUT2D eigenvalue weighted by molar-refractivity contribution is 0.415. The minimum Gasteiger partial charge on any atom is -0.497 e. The van der Waals surface area contributed by atoms with Gasteiger partial charge in [0.15, 0.2) is 0 Å². The Morgan fingerprint density at radius 2 is 2.30 bits per heavy atom. The van der Waals surface area contributed by atoms with Gasteiger partial charge in [0.2, 0.25) is 0 Å². The van der Waals surface area contributed by atoms with E-state index in [1.54, 1.807) is 25.7 Å². The molecule has 2 heterocycles. The molecule has 0 saturated carbocycles. The number of nitriles is 1. The number of imidazole rings is 1. The van der Waals surface area contributed by atoms with E-state index >= 15 is 0 Å². The van der Waals surface area contributed by atoms with Crippen molar-refractivity contribution >= 4 is 22.6 Å². The second-order valence-electron chi connectivity index (χ2n) is 4.29. The average molecular weight is 264 g/mol. The summed E-state index contributed by atoms with van der Waals surface area (Å²) in [6.45, 7) is 0. The quantitative estimate of drug-likeness (QED) is 0.714. The van der Waals surface area contributed by atoms with Gasteiger partial charge in [-0.15, -0.1) is 0 Å². The first-order valence-corrected chi connectivity index (χ1v) is 6.07. The Bertz CT molecular complexity index is 806. The van der Waals surface area contributed by atoms with Gasteiger partial charge in [-0.3, -0.25) is 0 Å². The smallest absolute Gasteiger partial charge is 0.119 e. The van der Waals surface area contributed by atoms with E-state index in [4.69, 9.17) is 4.74 Å². The maximum absolute atomic E-state index is 9.38.